The quantitative estimate of drug-likeness (QED) is 0.474. The van der Waals surface area contributed by atoms with Crippen molar-refractivity contribution >= 4 is 17.8 Å². The molecule has 0 aromatic carbocycles. The van der Waals surface area contributed by atoms with Crippen molar-refractivity contribution in [3.8, 4) is 0 Å². The first-order chi connectivity index (χ1) is 8.89. The number of amides is 1. The maximum Gasteiger partial charge on any atom is 0.331 e. The van der Waals surface area contributed by atoms with E-state index >= 15 is 0 Å². The molecule has 0 aromatic rings. The van der Waals surface area contributed by atoms with E-state index in [1.165, 1.54) is 14.0 Å². The molecular weight excluding hydrogens is 254 g/mol. The van der Waals surface area contributed by atoms with Crippen LogP contribution in [-0.2, 0) is 23.9 Å². The van der Waals surface area contributed by atoms with Gasteiger partial charge >= 0.3 is 11.9 Å². The number of aliphatic hydroxyl groups is 1. The Kier molecular flexibility index (Phi) is 7.43. The van der Waals surface area contributed by atoms with Crippen molar-refractivity contribution < 1.29 is 29.0 Å². The molecule has 0 heterocycles. The van der Waals surface area contributed by atoms with Crippen LogP contribution in [0, 0.1) is 5.41 Å². The molecule has 0 radical (unpaired) electrons. The molecule has 7 nitrogen and oxygen atoms in total. The van der Waals surface area contributed by atoms with Gasteiger partial charge in [0.25, 0.3) is 0 Å². The fourth-order valence-corrected chi connectivity index (χ4v) is 1.04. The smallest absolute Gasteiger partial charge is 0.331 e. The zero-order valence-electron chi connectivity index (χ0n) is 11.3. The Morgan fingerprint density at radius 2 is 1.84 bits per heavy atom. The molecule has 1 unspecified atom stereocenters. The molecule has 0 spiro atoms. The van der Waals surface area contributed by atoms with Gasteiger partial charge in [-0.3, -0.25) is 4.79 Å². The van der Waals surface area contributed by atoms with Crippen LogP contribution in [0.2, 0.25) is 0 Å². The molecule has 0 rings (SSSR count). The van der Waals surface area contributed by atoms with Crippen molar-refractivity contribution in [2.24, 2.45) is 5.41 Å². The predicted octanol–water partition coefficient (Wildman–Crippen LogP) is -0.606. The molecule has 0 fully saturated rings. The molecule has 7 heteroatoms. The van der Waals surface area contributed by atoms with E-state index in [-0.39, 0.29) is 6.61 Å². The van der Waals surface area contributed by atoms with Crippen LogP contribution in [-0.4, -0.2) is 49.8 Å². The van der Waals surface area contributed by atoms with Gasteiger partial charge in [-0.15, -0.1) is 0 Å². The summed E-state index contributed by atoms with van der Waals surface area (Å²) in [6.07, 6.45) is 1.80. The number of hydrogen-bond donors (Lipinski definition) is 2. The minimum Gasteiger partial charge on any atom is -0.466 e. The van der Waals surface area contributed by atoms with Gasteiger partial charge in [-0.2, -0.15) is 0 Å². The van der Waals surface area contributed by atoms with Crippen molar-refractivity contribution in [1.29, 1.82) is 0 Å². The minimum atomic E-state index is -1.22. The molecule has 108 valence electrons. The Labute approximate surface area is 111 Å². The van der Waals surface area contributed by atoms with E-state index in [0.29, 0.717) is 6.54 Å². The normalized spacial score (nSPS) is 13.7. The monoisotopic (exact) mass is 273 g/mol. The zero-order chi connectivity index (χ0) is 14.9. The summed E-state index contributed by atoms with van der Waals surface area (Å²) in [6.45, 7) is 2.85. The van der Waals surface area contributed by atoms with Crippen molar-refractivity contribution in [1.82, 2.24) is 5.32 Å². The molecule has 0 aliphatic carbocycles. The standard InChI is InChI=1S/C12H19NO6/c1-4-13-11(17)12(2,7-14)8-19-10(16)6-5-9(15)18-3/h5-6,14H,4,7-8H2,1-3H3,(H,13,17)/b6-5+. The van der Waals surface area contributed by atoms with Crippen molar-refractivity contribution in [2.75, 3.05) is 26.9 Å². The summed E-state index contributed by atoms with van der Waals surface area (Å²) < 4.78 is 9.11. The highest BCUT2D eigenvalue weighted by atomic mass is 16.5. The second-order valence-electron chi connectivity index (χ2n) is 4.04. The SMILES string of the molecule is CCNC(=O)C(C)(CO)COC(=O)/C=C/C(=O)OC. The highest BCUT2D eigenvalue weighted by Gasteiger charge is 2.33. The van der Waals surface area contributed by atoms with E-state index in [1.54, 1.807) is 6.92 Å². The van der Waals surface area contributed by atoms with Crippen LogP contribution >= 0.6 is 0 Å². The number of aliphatic hydroxyl groups excluding tert-OH is 1. The van der Waals surface area contributed by atoms with Gasteiger partial charge in [0.1, 0.15) is 12.0 Å². The number of rotatable bonds is 7. The highest BCUT2D eigenvalue weighted by molar-refractivity contribution is 5.91. The molecule has 0 bridgehead atoms. The summed E-state index contributed by atoms with van der Waals surface area (Å²) in [7, 11) is 1.18. The summed E-state index contributed by atoms with van der Waals surface area (Å²) in [4.78, 5) is 33.7. The molecular formula is C12H19NO6. The second-order valence-corrected chi connectivity index (χ2v) is 4.04. The molecule has 0 saturated heterocycles. The molecule has 0 aromatic heterocycles. The van der Waals surface area contributed by atoms with Crippen LogP contribution in [0.3, 0.4) is 0 Å². The van der Waals surface area contributed by atoms with Gasteiger partial charge in [-0.25, -0.2) is 9.59 Å². The fourth-order valence-electron chi connectivity index (χ4n) is 1.04. The maximum absolute atomic E-state index is 11.7. The number of carbonyl (C=O) groups is 3. The van der Waals surface area contributed by atoms with E-state index in [2.05, 4.69) is 10.1 Å². The average Bonchev–Trinajstić information content (AvgIpc) is 2.42. The lowest BCUT2D eigenvalue weighted by molar-refractivity contribution is -0.148. The van der Waals surface area contributed by atoms with E-state index in [4.69, 9.17) is 4.74 Å². The number of carbonyl (C=O) groups excluding carboxylic acids is 3. The minimum absolute atomic E-state index is 0.292. The first-order valence-corrected chi connectivity index (χ1v) is 5.71. The summed E-state index contributed by atoms with van der Waals surface area (Å²) >= 11 is 0. The van der Waals surface area contributed by atoms with Gasteiger partial charge in [0, 0.05) is 18.7 Å². The Hall–Kier alpha value is -1.89. The van der Waals surface area contributed by atoms with Gasteiger partial charge in [0.05, 0.1) is 13.7 Å². The number of hydrogen-bond acceptors (Lipinski definition) is 6. The van der Waals surface area contributed by atoms with Crippen molar-refractivity contribution in [2.45, 2.75) is 13.8 Å². The average molecular weight is 273 g/mol. The number of methoxy groups -OCH3 is 1. The maximum atomic E-state index is 11.7. The third-order valence-electron chi connectivity index (χ3n) is 2.32. The fraction of sp³-hybridized carbons (Fsp3) is 0.583. The Morgan fingerprint density at radius 1 is 1.26 bits per heavy atom. The van der Waals surface area contributed by atoms with Crippen molar-refractivity contribution in [3.63, 3.8) is 0 Å². The molecule has 19 heavy (non-hydrogen) atoms. The summed E-state index contributed by atoms with van der Waals surface area (Å²) in [5.74, 6) is -1.90. The van der Waals surface area contributed by atoms with Gasteiger partial charge in [-0.05, 0) is 13.8 Å². The van der Waals surface area contributed by atoms with E-state index in [9.17, 15) is 19.5 Å². The Balaban J connectivity index is 4.42. The highest BCUT2D eigenvalue weighted by Crippen LogP contribution is 2.16. The Bertz CT molecular complexity index is 365. The van der Waals surface area contributed by atoms with Crippen molar-refractivity contribution in [3.05, 3.63) is 12.2 Å². The first kappa shape index (κ1) is 17.1. The second kappa shape index (κ2) is 8.25. The van der Waals surface area contributed by atoms with E-state index < -0.39 is 29.9 Å². The molecule has 1 atom stereocenters. The van der Waals surface area contributed by atoms with Crippen LogP contribution < -0.4 is 5.32 Å². The zero-order valence-corrected chi connectivity index (χ0v) is 11.3. The largest absolute Gasteiger partial charge is 0.466 e. The molecule has 0 aliphatic rings. The Morgan fingerprint density at radius 3 is 2.32 bits per heavy atom. The summed E-state index contributed by atoms with van der Waals surface area (Å²) in [6, 6.07) is 0. The number of ether oxygens (including phenoxy) is 2. The molecule has 0 aliphatic heterocycles. The number of esters is 2. The molecule has 0 saturated carbocycles. The summed E-state index contributed by atoms with van der Waals surface area (Å²) in [5, 5.41) is 11.7. The topological polar surface area (TPSA) is 102 Å². The van der Waals surface area contributed by atoms with Crippen LogP contribution in [0.25, 0.3) is 0 Å². The van der Waals surface area contributed by atoms with Crippen LogP contribution in [0.5, 0.6) is 0 Å². The molecule has 2 N–H and O–H groups in total. The van der Waals surface area contributed by atoms with Gasteiger partial charge in [-0.1, -0.05) is 0 Å². The van der Waals surface area contributed by atoms with E-state index in [0.717, 1.165) is 12.2 Å². The lowest BCUT2D eigenvalue weighted by atomic mass is 9.92. The molecule has 1 amide bonds. The van der Waals surface area contributed by atoms with Crippen LogP contribution in [0.4, 0.5) is 0 Å². The lowest BCUT2D eigenvalue weighted by Gasteiger charge is -2.24. The first-order valence-electron chi connectivity index (χ1n) is 5.71. The van der Waals surface area contributed by atoms with Crippen LogP contribution in [0.1, 0.15) is 13.8 Å². The van der Waals surface area contributed by atoms with Crippen LogP contribution in [0.15, 0.2) is 12.2 Å². The van der Waals surface area contributed by atoms with E-state index in [1.807, 2.05) is 0 Å². The van der Waals surface area contributed by atoms with Gasteiger partial charge in [0.2, 0.25) is 5.91 Å². The van der Waals surface area contributed by atoms with Gasteiger partial charge in [0.15, 0.2) is 0 Å². The third-order valence-corrected chi connectivity index (χ3v) is 2.32. The number of nitrogens with one attached hydrogen (secondary N) is 1. The summed E-state index contributed by atoms with van der Waals surface area (Å²) in [5.41, 5.74) is -1.22. The lowest BCUT2D eigenvalue weighted by Crippen LogP contribution is -2.45. The van der Waals surface area contributed by atoms with Gasteiger partial charge < -0.3 is 19.9 Å². The predicted molar refractivity (Wildman–Crippen MR) is 66.0 cm³/mol. The third kappa shape index (κ3) is 6.01.